The molecule has 0 saturated carbocycles. The second-order valence-electron chi connectivity index (χ2n) is 4.55. The van der Waals surface area contributed by atoms with Gasteiger partial charge in [0.25, 0.3) is 0 Å². The third-order valence-corrected chi connectivity index (χ3v) is 3.62. The van der Waals surface area contributed by atoms with Crippen molar-refractivity contribution in [1.29, 1.82) is 0 Å². The average Bonchev–Trinajstić information content (AvgIpc) is 2.47. The van der Waals surface area contributed by atoms with Crippen molar-refractivity contribution < 1.29 is 0 Å². The number of hydrogen-bond acceptors (Lipinski definition) is 3. The maximum Gasteiger partial charge on any atom is 0.106 e. The summed E-state index contributed by atoms with van der Waals surface area (Å²) in [4.78, 5) is 4.67. The minimum atomic E-state index is 0.326. The number of nitrogens with one attached hydrogen (secondary N) is 1. The molecule has 3 N–H and O–H groups in total. The zero-order chi connectivity index (χ0) is 14.8. The lowest BCUT2D eigenvalue weighted by molar-refractivity contribution is 1.41. The van der Waals surface area contributed by atoms with Crippen LogP contribution in [0.1, 0.15) is 5.56 Å². The molecule has 0 bridgehead atoms. The molecular weight excluding hydrogens is 302 g/mol. The number of nitrogens with zero attached hydrogens (tertiary/aromatic N) is 1. The van der Waals surface area contributed by atoms with Crippen LogP contribution in [0.2, 0.25) is 5.02 Å². The minimum Gasteiger partial charge on any atom is -0.389 e. The highest BCUT2D eigenvalue weighted by Gasteiger charge is 2.08. The van der Waals surface area contributed by atoms with E-state index in [1.54, 1.807) is 12.3 Å². The minimum absolute atomic E-state index is 0.326. The van der Waals surface area contributed by atoms with E-state index in [1.165, 1.54) is 0 Å². The van der Waals surface area contributed by atoms with Crippen LogP contribution in [0.3, 0.4) is 0 Å². The Hall–Kier alpha value is -2.17. The van der Waals surface area contributed by atoms with Crippen molar-refractivity contribution in [2.24, 2.45) is 5.73 Å². The standard InChI is InChI=1S/C16H12ClN3S/c17-10-6-7-12(16(18)21)15(9-10)20-14-5-1-4-13-11(14)3-2-8-19-13/h1-9,20H,(H2,18,21). The van der Waals surface area contributed by atoms with E-state index >= 15 is 0 Å². The molecule has 0 aliphatic carbocycles. The van der Waals surface area contributed by atoms with E-state index in [0.29, 0.717) is 10.0 Å². The topological polar surface area (TPSA) is 50.9 Å². The van der Waals surface area contributed by atoms with Crippen molar-refractivity contribution in [3.05, 3.63) is 65.3 Å². The van der Waals surface area contributed by atoms with E-state index in [2.05, 4.69) is 10.3 Å². The molecule has 0 fully saturated rings. The summed E-state index contributed by atoms with van der Waals surface area (Å²) in [5.74, 6) is 0. The van der Waals surface area contributed by atoms with Gasteiger partial charge >= 0.3 is 0 Å². The van der Waals surface area contributed by atoms with Gasteiger partial charge in [0, 0.05) is 27.9 Å². The van der Waals surface area contributed by atoms with Crippen molar-refractivity contribution in [2.45, 2.75) is 0 Å². The van der Waals surface area contributed by atoms with Crippen molar-refractivity contribution in [2.75, 3.05) is 5.32 Å². The highest BCUT2D eigenvalue weighted by Crippen LogP contribution is 2.28. The Bertz CT molecular complexity index is 827. The smallest absolute Gasteiger partial charge is 0.106 e. The van der Waals surface area contributed by atoms with E-state index in [0.717, 1.165) is 27.8 Å². The number of nitrogens with two attached hydrogens (primary N) is 1. The molecular formula is C16H12ClN3S. The Kier molecular flexibility index (Phi) is 3.73. The molecule has 2 aromatic carbocycles. The third-order valence-electron chi connectivity index (χ3n) is 3.16. The lowest BCUT2D eigenvalue weighted by Gasteiger charge is -2.13. The first-order chi connectivity index (χ1) is 10.1. The number of anilines is 2. The predicted molar refractivity (Wildman–Crippen MR) is 92.4 cm³/mol. The molecule has 0 aliphatic rings. The van der Waals surface area contributed by atoms with Crippen molar-refractivity contribution >= 4 is 51.1 Å². The fraction of sp³-hybridized carbons (Fsp3) is 0. The van der Waals surface area contributed by atoms with Crippen LogP contribution in [0.15, 0.2) is 54.7 Å². The van der Waals surface area contributed by atoms with Crippen molar-refractivity contribution in [1.82, 2.24) is 4.98 Å². The molecule has 0 unspecified atom stereocenters. The number of halogens is 1. The van der Waals surface area contributed by atoms with Gasteiger partial charge in [-0.2, -0.15) is 0 Å². The second-order valence-corrected chi connectivity index (χ2v) is 5.43. The Morgan fingerprint density at radius 2 is 1.95 bits per heavy atom. The number of thiocarbonyl (C=S) groups is 1. The molecule has 0 amide bonds. The Labute approximate surface area is 132 Å². The molecule has 1 aromatic heterocycles. The van der Waals surface area contributed by atoms with Gasteiger partial charge < -0.3 is 11.1 Å². The Morgan fingerprint density at radius 3 is 2.76 bits per heavy atom. The summed E-state index contributed by atoms with van der Waals surface area (Å²) < 4.78 is 0. The summed E-state index contributed by atoms with van der Waals surface area (Å²) in [5, 5.41) is 4.99. The van der Waals surface area contributed by atoms with Gasteiger partial charge in [0.1, 0.15) is 4.99 Å². The van der Waals surface area contributed by atoms with Crippen LogP contribution < -0.4 is 11.1 Å². The summed E-state index contributed by atoms with van der Waals surface area (Å²) in [5.41, 5.74) is 9.16. The zero-order valence-electron chi connectivity index (χ0n) is 11.0. The molecule has 104 valence electrons. The number of aromatic nitrogens is 1. The van der Waals surface area contributed by atoms with Crippen LogP contribution >= 0.6 is 23.8 Å². The van der Waals surface area contributed by atoms with Gasteiger partial charge in [0.05, 0.1) is 11.2 Å². The molecule has 0 aliphatic heterocycles. The maximum atomic E-state index is 6.07. The number of fused-ring (bicyclic) bond motifs is 1. The molecule has 1 heterocycles. The van der Waals surface area contributed by atoms with Gasteiger partial charge in [0.2, 0.25) is 0 Å². The van der Waals surface area contributed by atoms with Crippen LogP contribution in [0.5, 0.6) is 0 Å². The van der Waals surface area contributed by atoms with E-state index in [9.17, 15) is 0 Å². The summed E-state index contributed by atoms with van der Waals surface area (Å²) in [6.45, 7) is 0. The molecule has 5 heteroatoms. The van der Waals surface area contributed by atoms with Crippen molar-refractivity contribution in [3.63, 3.8) is 0 Å². The second kappa shape index (κ2) is 5.68. The van der Waals surface area contributed by atoms with E-state index in [1.807, 2.05) is 42.5 Å². The molecule has 21 heavy (non-hydrogen) atoms. The Morgan fingerprint density at radius 1 is 1.10 bits per heavy atom. The first-order valence-electron chi connectivity index (χ1n) is 6.35. The molecule has 0 saturated heterocycles. The molecule has 0 radical (unpaired) electrons. The lowest BCUT2D eigenvalue weighted by atomic mass is 10.1. The van der Waals surface area contributed by atoms with Crippen LogP contribution in [0.4, 0.5) is 11.4 Å². The highest BCUT2D eigenvalue weighted by molar-refractivity contribution is 7.80. The summed E-state index contributed by atoms with van der Waals surface area (Å²) in [7, 11) is 0. The number of pyridine rings is 1. The first kappa shape index (κ1) is 13.8. The highest BCUT2D eigenvalue weighted by atomic mass is 35.5. The van der Waals surface area contributed by atoms with E-state index in [4.69, 9.17) is 29.6 Å². The molecule has 3 nitrogen and oxygen atoms in total. The van der Waals surface area contributed by atoms with Gasteiger partial charge in [-0.05, 0) is 42.5 Å². The first-order valence-corrected chi connectivity index (χ1v) is 7.14. The molecule has 0 spiro atoms. The monoisotopic (exact) mass is 313 g/mol. The van der Waals surface area contributed by atoms with Crippen LogP contribution in [0, 0.1) is 0 Å². The normalized spacial score (nSPS) is 10.5. The SMILES string of the molecule is NC(=S)c1ccc(Cl)cc1Nc1cccc2ncccc12. The molecule has 0 atom stereocenters. The summed E-state index contributed by atoms with van der Waals surface area (Å²) in [6, 6.07) is 15.2. The van der Waals surface area contributed by atoms with Gasteiger partial charge in [-0.3, -0.25) is 4.98 Å². The van der Waals surface area contributed by atoms with E-state index in [-0.39, 0.29) is 0 Å². The third kappa shape index (κ3) is 2.82. The quantitative estimate of drug-likeness (QED) is 0.709. The maximum absolute atomic E-state index is 6.07. The van der Waals surface area contributed by atoms with Gasteiger partial charge in [-0.1, -0.05) is 29.9 Å². The Balaban J connectivity index is 2.11. The molecule has 3 aromatic rings. The summed E-state index contributed by atoms with van der Waals surface area (Å²) in [6.07, 6.45) is 1.77. The summed E-state index contributed by atoms with van der Waals surface area (Å²) >= 11 is 11.2. The van der Waals surface area contributed by atoms with Crippen LogP contribution in [0.25, 0.3) is 10.9 Å². The number of hydrogen-bond donors (Lipinski definition) is 2. The predicted octanol–water partition coefficient (Wildman–Crippen LogP) is 4.27. The largest absolute Gasteiger partial charge is 0.389 e. The fourth-order valence-electron chi connectivity index (χ4n) is 2.19. The number of rotatable bonds is 3. The lowest BCUT2D eigenvalue weighted by Crippen LogP contribution is -2.11. The fourth-order valence-corrected chi connectivity index (χ4v) is 2.54. The van der Waals surface area contributed by atoms with Crippen molar-refractivity contribution in [3.8, 4) is 0 Å². The van der Waals surface area contributed by atoms with Gasteiger partial charge in [0.15, 0.2) is 0 Å². The van der Waals surface area contributed by atoms with Gasteiger partial charge in [-0.15, -0.1) is 0 Å². The molecule has 3 rings (SSSR count). The van der Waals surface area contributed by atoms with E-state index < -0.39 is 0 Å². The average molecular weight is 314 g/mol. The zero-order valence-corrected chi connectivity index (χ0v) is 12.6. The van der Waals surface area contributed by atoms with Crippen LogP contribution in [-0.2, 0) is 0 Å². The van der Waals surface area contributed by atoms with Gasteiger partial charge in [-0.25, -0.2) is 0 Å². The van der Waals surface area contributed by atoms with Crippen LogP contribution in [-0.4, -0.2) is 9.97 Å². The number of benzene rings is 2.